The van der Waals surface area contributed by atoms with Crippen LogP contribution >= 0.6 is 11.3 Å². The van der Waals surface area contributed by atoms with E-state index in [1.54, 1.807) is 6.92 Å². The summed E-state index contributed by atoms with van der Waals surface area (Å²) in [5.74, 6) is -0.335. The summed E-state index contributed by atoms with van der Waals surface area (Å²) in [6.45, 7) is 6.14. The minimum Gasteiger partial charge on any atom is -0.461 e. The van der Waals surface area contributed by atoms with Crippen LogP contribution in [0.2, 0.25) is 0 Å². The monoisotopic (exact) mass is 269 g/mol. The first kappa shape index (κ1) is 13.3. The number of aryl methyl sites for hydroxylation is 1. The average Bonchev–Trinajstić information content (AvgIpc) is 2.72. The van der Waals surface area contributed by atoms with Gasteiger partial charge in [-0.15, -0.1) is 11.3 Å². The Morgan fingerprint density at radius 3 is 2.83 bits per heavy atom. The number of carbonyl (C=O) groups is 1. The second-order valence-electron chi connectivity index (χ2n) is 4.30. The fourth-order valence-electron chi connectivity index (χ4n) is 1.97. The van der Waals surface area contributed by atoms with Crippen LogP contribution in [0.5, 0.6) is 0 Å². The minimum atomic E-state index is -0.335. The maximum Gasteiger partial charge on any atom is 0.358 e. The lowest BCUT2D eigenvalue weighted by Gasteiger charge is -2.26. The highest BCUT2D eigenvalue weighted by Crippen LogP contribution is 2.24. The van der Waals surface area contributed by atoms with Gasteiger partial charge in [-0.1, -0.05) is 6.42 Å². The number of esters is 1. The van der Waals surface area contributed by atoms with Crippen molar-refractivity contribution in [2.24, 2.45) is 0 Å². The molecule has 0 spiro atoms. The standard InChI is InChI=1S/C12H19N3O2S/c1-3-17-11(16)10-9(2)18-12(13-10)14-15-7-5-4-6-8-15/h3-8H2,1-2H3,(H,13,14). The molecule has 2 rings (SSSR count). The van der Waals surface area contributed by atoms with Crippen molar-refractivity contribution in [2.75, 3.05) is 25.1 Å². The van der Waals surface area contributed by atoms with Gasteiger partial charge in [0.25, 0.3) is 0 Å². The maximum atomic E-state index is 11.7. The first-order valence-electron chi connectivity index (χ1n) is 6.37. The van der Waals surface area contributed by atoms with E-state index >= 15 is 0 Å². The van der Waals surface area contributed by atoms with Crippen molar-refractivity contribution >= 4 is 22.4 Å². The van der Waals surface area contributed by atoms with Crippen LogP contribution in [0.15, 0.2) is 0 Å². The van der Waals surface area contributed by atoms with E-state index < -0.39 is 0 Å². The highest BCUT2D eigenvalue weighted by atomic mass is 32.1. The zero-order valence-corrected chi connectivity index (χ0v) is 11.7. The number of thiazole rings is 1. The third kappa shape index (κ3) is 3.20. The van der Waals surface area contributed by atoms with Gasteiger partial charge in [0.1, 0.15) is 0 Å². The van der Waals surface area contributed by atoms with Crippen LogP contribution in [0, 0.1) is 6.92 Å². The number of carbonyl (C=O) groups excluding carboxylic acids is 1. The van der Waals surface area contributed by atoms with Gasteiger partial charge in [-0.2, -0.15) is 0 Å². The van der Waals surface area contributed by atoms with Crippen LogP contribution in [-0.2, 0) is 4.74 Å². The zero-order chi connectivity index (χ0) is 13.0. The van der Waals surface area contributed by atoms with Crippen molar-refractivity contribution in [1.29, 1.82) is 0 Å². The largest absolute Gasteiger partial charge is 0.461 e. The molecule has 1 aliphatic rings. The van der Waals surface area contributed by atoms with Crippen molar-refractivity contribution in [3.8, 4) is 0 Å². The molecule has 1 aliphatic heterocycles. The molecule has 5 nitrogen and oxygen atoms in total. The molecule has 2 heterocycles. The summed E-state index contributed by atoms with van der Waals surface area (Å²) in [4.78, 5) is 16.9. The van der Waals surface area contributed by atoms with Crippen LogP contribution in [0.25, 0.3) is 0 Å². The van der Waals surface area contributed by atoms with Crippen molar-refractivity contribution < 1.29 is 9.53 Å². The number of aromatic nitrogens is 1. The molecule has 0 bridgehead atoms. The molecule has 1 aromatic heterocycles. The van der Waals surface area contributed by atoms with E-state index in [2.05, 4.69) is 15.4 Å². The first-order valence-corrected chi connectivity index (χ1v) is 7.18. The number of ether oxygens (including phenoxy) is 1. The molecule has 0 radical (unpaired) electrons. The van der Waals surface area contributed by atoms with Crippen LogP contribution < -0.4 is 5.43 Å². The Hall–Kier alpha value is -1.14. The van der Waals surface area contributed by atoms with Gasteiger partial charge in [0.2, 0.25) is 0 Å². The molecule has 1 aromatic rings. The molecule has 100 valence electrons. The number of piperidine rings is 1. The molecule has 6 heteroatoms. The number of hydrogen-bond acceptors (Lipinski definition) is 6. The summed E-state index contributed by atoms with van der Waals surface area (Å²) in [6, 6.07) is 0. The molecule has 1 N–H and O–H groups in total. The molecule has 0 atom stereocenters. The van der Waals surface area contributed by atoms with Crippen molar-refractivity contribution in [3.05, 3.63) is 10.6 Å². The van der Waals surface area contributed by atoms with Gasteiger partial charge in [0.05, 0.1) is 6.61 Å². The van der Waals surface area contributed by atoms with Crippen LogP contribution in [0.3, 0.4) is 0 Å². The van der Waals surface area contributed by atoms with Crippen LogP contribution in [0.1, 0.15) is 41.6 Å². The smallest absolute Gasteiger partial charge is 0.358 e. The Bertz CT molecular complexity index is 413. The molecule has 0 amide bonds. The summed E-state index contributed by atoms with van der Waals surface area (Å²) >= 11 is 1.50. The lowest BCUT2D eigenvalue weighted by Crippen LogP contribution is -2.34. The van der Waals surface area contributed by atoms with Gasteiger partial charge < -0.3 is 4.74 Å². The Morgan fingerprint density at radius 1 is 1.44 bits per heavy atom. The fourth-order valence-corrected chi connectivity index (χ4v) is 2.80. The van der Waals surface area contributed by atoms with E-state index in [0.717, 1.165) is 23.1 Å². The van der Waals surface area contributed by atoms with E-state index in [1.165, 1.54) is 30.6 Å². The van der Waals surface area contributed by atoms with E-state index in [1.807, 2.05) is 6.92 Å². The summed E-state index contributed by atoms with van der Waals surface area (Å²) in [6.07, 6.45) is 3.72. The van der Waals surface area contributed by atoms with Gasteiger partial charge >= 0.3 is 5.97 Å². The first-order chi connectivity index (χ1) is 8.70. The molecule has 0 aromatic carbocycles. The van der Waals surface area contributed by atoms with Gasteiger partial charge in [0, 0.05) is 18.0 Å². The average molecular weight is 269 g/mol. The summed E-state index contributed by atoms with van der Waals surface area (Å²) in [5, 5.41) is 2.94. The minimum absolute atomic E-state index is 0.335. The zero-order valence-electron chi connectivity index (χ0n) is 10.9. The predicted molar refractivity (Wildman–Crippen MR) is 71.9 cm³/mol. The van der Waals surface area contributed by atoms with Crippen LogP contribution in [-0.4, -0.2) is 35.7 Å². The predicted octanol–water partition coefficient (Wildman–Crippen LogP) is 2.44. The number of nitrogens with one attached hydrogen (secondary N) is 1. The van der Waals surface area contributed by atoms with Crippen molar-refractivity contribution in [1.82, 2.24) is 9.99 Å². The Morgan fingerprint density at radius 2 is 2.17 bits per heavy atom. The Labute approximate surface area is 111 Å². The third-order valence-electron chi connectivity index (χ3n) is 2.88. The second-order valence-corrected chi connectivity index (χ2v) is 5.51. The fraction of sp³-hybridized carbons (Fsp3) is 0.667. The number of hydrazine groups is 1. The Kier molecular flexibility index (Phi) is 4.54. The lowest BCUT2D eigenvalue weighted by molar-refractivity contribution is 0.0519. The van der Waals surface area contributed by atoms with E-state index in [4.69, 9.17) is 4.74 Å². The Balaban J connectivity index is 2.01. The normalized spacial score (nSPS) is 16.6. The molecule has 1 saturated heterocycles. The quantitative estimate of drug-likeness (QED) is 0.851. The van der Waals surface area contributed by atoms with E-state index in [9.17, 15) is 4.79 Å². The molecular weight excluding hydrogens is 250 g/mol. The molecule has 0 saturated carbocycles. The summed E-state index contributed by atoms with van der Waals surface area (Å²) < 4.78 is 4.98. The molecule has 1 fully saturated rings. The van der Waals surface area contributed by atoms with Gasteiger partial charge in [0.15, 0.2) is 10.8 Å². The van der Waals surface area contributed by atoms with Gasteiger partial charge in [-0.3, -0.25) is 5.43 Å². The molecular formula is C12H19N3O2S. The summed E-state index contributed by atoms with van der Waals surface area (Å²) in [7, 11) is 0. The number of rotatable bonds is 4. The highest BCUT2D eigenvalue weighted by Gasteiger charge is 2.18. The highest BCUT2D eigenvalue weighted by molar-refractivity contribution is 7.15. The van der Waals surface area contributed by atoms with E-state index in [0.29, 0.717) is 12.3 Å². The number of anilines is 1. The third-order valence-corrected chi connectivity index (χ3v) is 3.75. The van der Waals surface area contributed by atoms with Crippen molar-refractivity contribution in [3.63, 3.8) is 0 Å². The van der Waals surface area contributed by atoms with Gasteiger partial charge in [-0.25, -0.2) is 14.8 Å². The van der Waals surface area contributed by atoms with Crippen LogP contribution in [0.4, 0.5) is 5.13 Å². The topological polar surface area (TPSA) is 54.5 Å². The second kappa shape index (κ2) is 6.15. The van der Waals surface area contributed by atoms with Crippen molar-refractivity contribution in [2.45, 2.75) is 33.1 Å². The van der Waals surface area contributed by atoms with Gasteiger partial charge in [-0.05, 0) is 26.7 Å². The summed E-state index contributed by atoms with van der Waals surface area (Å²) in [5.41, 5.74) is 3.70. The molecule has 0 aliphatic carbocycles. The maximum absolute atomic E-state index is 11.7. The number of hydrogen-bond donors (Lipinski definition) is 1. The lowest BCUT2D eigenvalue weighted by atomic mass is 10.2. The molecule has 0 unspecified atom stereocenters. The number of nitrogens with zero attached hydrogens (tertiary/aromatic N) is 2. The molecule has 18 heavy (non-hydrogen) atoms. The SMILES string of the molecule is CCOC(=O)c1nc(NN2CCCCC2)sc1C. The van der Waals surface area contributed by atoms with E-state index in [-0.39, 0.29) is 5.97 Å².